The van der Waals surface area contributed by atoms with Gasteiger partial charge in [-0.15, -0.1) is 11.3 Å². The average molecular weight is 266 g/mol. The Morgan fingerprint density at radius 2 is 2.35 bits per heavy atom. The summed E-state index contributed by atoms with van der Waals surface area (Å²) in [6.07, 6.45) is 1.85. The maximum atomic E-state index is 12.1. The lowest BCUT2D eigenvalue weighted by Crippen LogP contribution is -2.33. The molecular weight excluding hydrogens is 252 g/mol. The number of carbonyl (C=O) groups excluding carboxylic acids is 1. The Bertz CT molecular complexity index is 463. The van der Waals surface area contributed by atoms with Crippen molar-refractivity contribution in [2.75, 3.05) is 6.54 Å². The van der Waals surface area contributed by atoms with Crippen LogP contribution in [0.3, 0.4) is 0 Å². The quantitative estimate of drug-likeness (QED) is 0.674. The minimum absolute atomic E-state index is 0.0305. The molecule has 0 aliphatic carbocycles. The highest BCUT2D eigenvalue weighted by Gasteiger charge is 2.30. The molecule has 0 aromatic carbocycles. The molecule has 2 rings (SSSR count). The standard InChI is InChI=1S/C12H14N2OS2/c1-8(2)7-14-11(15)10(13-12(14)16)6-9-4-3-5-17-9/h3-6,8H,7H2,1-2H3,(H,13,16). The van der Waals surface area contributed by atoms with E-state index in [0.717, 1.165) is 4.88 Å². The van der Waals surface area contributed by atoms with Crippen LogP contribution in [0.15, 0.2) is 23.2 Å². The molecule has 2 heterocycles. The summed E-state index contributed by atoms with van der Waals surface area (Å²) in [4.78, 5) is 14.8. The molecule has 3 nitrogen and oxygen atoms in total. The molecule has 1 aliphatic heterocycles. The van der Waals surface area contributed by atoms with Gasteiger partial charge in [-0.1, -0.05) is 19.9 Å². The van der Waals surface area contributed by atoms with Gasteiger partial charge in [0, 0.05) is 11.4 Å². The summed E-state index contributed by atoms with van der Waals surface area (Å²) in [7, 11) is 0. The SMILES string of the molecule is CC(C)CN1C(=O)C(=Cc2cccs2)NC1=S. The summed E-state index contributed by atoms with van der Waals surface area (Å²) < 4.78 is 0. The lowest BCUT2D eigenvalue weighted by molar-refractivity contribution is -0.122. The number of rotatable bonds is 3. The van der Waals surface area contributed by atoms with Crippen LogP contribution in [0.5, 0.6) is 0 Å². The van der Waals surface area contributed by atoms with Gasteiger partial charge in [0.25, 0.3) is 5.91 Å². The van der Waals surface area contributed by atoms with E-state index in [4.69, 9.17) is 12.2 Å². The highest BCUT2D eigenvalue weighted by Crippen LogP contribution is 2.18. The molecule has 1 N–H and O–H groups in total. The van der Waals surface area contributed by atoms with Crippen molar-refractivity contribution in [1.82, 2.24) is 10.2 Å². The molecule has 0 radical (unpaired) electrons. The van der Waals surface area contributed by atoms with Crippen LogP contribution in [0.4, 0.5) is 0 Å². The third-order valence-corrected chi connectivity index (χ3v) is 3.48. The Morgan fingerprint density at radius 3 is 2.94 bits per heavy atom. The van der Waals surface area contributed by atoms with Crippen molar-refractivity contribution in [2.45, 2.75) is 13.8 Å². The van der Waals surface area contributed by atoms with Crippen molar-refractivity contribution < 1.29 is 4.79 Å². The van der Waals surface area contributed by atoms with E-state index in [0.29, 0.717) is 23.3 Å². The Hall–Kier alpha value is -1.20. The second-order valence-electron chi connectivity index (χ2n) is 4.31. The molecule has 1 saturated heterocycles. The van der Waals surface area contributed by atoms with Crippen molar-refractivity contribution in [3.8, 4) is 0 Å². The molecule has 0 bridgehead atoms. The largest absolute Gasteiger partial charge is 0.328 e. The zero-order chi connectivity index (χ0) is 12.4. The monoisotopic (exact) mass is 266 g/mol. The third-order valence-electron chi connectivity index (χ3n) is 2.34. The molecule has 5 heteroatoms. The first-order valence-electron chi connectivity index (χ1n) is 5.46. The first-order chi connectivity index (χ1) is 8.08. The predicted molar refractivity (Wildman–Crippen MR) is 74.6 cm³/mol. The summed E-state index contributed by atoms with van der Waals surface area (Å²) in [5.41, 5.74) is 0.568. The van der Waals surface area contributed by atoms with Gasteiger partial charge in [0.05, 0.1) is 0 Å². The average Bonchev–Trinajstić information content (AvgIpc) is 2.83. The van der Waals surface area contributed by atoms with Crippen LogP contribution in [0.25, 0.3) is 6.08 Å². The smallest absolute Gasteiger partial charge is 0.276 e. The molecule has 0 saturated carbocycles. The lowest BCUT2D eigenvalue weighted by Gasteiger charge is -2.15. The molecule has 0 spiro atoms. The number of hydrogen-bond donors (Lipinski definition) is 1. The lowest BCUT2D eigenvalue weighted by atomic mass is 10.2. The highest BCUT2D eigenvalue weighted by molar-refractivity contribution is 7.80. The fourth-order valence-electron chi connectivity index (χ4n) is 1.62. The van der Waals surface area contributed by atoms with Gasteiger partial charge in [-0.3, -0.25) is 9.69 Å². The van der Waals surface area contributed by atoms with E-state index in [-0.39, 0.29) is 5.91 Å². The topological polar surface area (TPSA) is 32.3 Å². The van der Waals surface area contributed by atoms with Crippen LogP contribution in [-0.2, 0) is 4.79 Å². The molecule has 1 amide bonds. The number of hydrogen-bond acceptors (Lipinski definition) is 3. The van der Waals surface area contributed by atoms with Gasteiger partial charge >= 0.3 is 0 Å². The first-order valence-corrected chi connectivity index (χ1v) is 6.75. The molecular formula is C12H14N2OS2. The number of amides is 1. The number of thiophene rings is 1. The van der Waals surface area contributed by atoms with Gasteiger partial charge in [0.1, 0.15) is 5.70 Å². The summed E-state index contributed by atoms with van der Waals surface area (Å²) in [6.45, 7) is 4.79. The molecule has 1 aliphatic rings. The maximum absolute atomic E-state index is 12.1. The fraction of sp³-hybridized carbons (Fsp3) is 0.333. The Morgan fingerprint density at radius 1 is 1.59 bits per heavy atom. The van der Waals surface area contributed by atoms with E-state index in [1.807, 2.05) is 23.6 Å². The second-order valence-corrected chi connectivity index (χ2v) is 5.68. The van der Waals surface area contributed by atoms with E-state index in [1.54, 1.807) is 16.2 Å². The van der Waals surface area contributed by atoms with E-state index >= 15 is 0 Å². The molecule has 1 aromatic heterocycles. The summed E-state index contributed by atoms with van der Waals surface area (Å²) in [6, 6.07) is 3.93. The van der Waals surface area contributed by atoms with E-state index in [1.165, 1.54) is 0 Å². The second kappa shape index (κ2) is 4.98. The fourth-order valence-corrected chi connectivity index (χ4v) is 2.54. The van der Waals surface area contributed by atoms with Crippen LogP contribution in [0.1, 0.15) is 18.7 Å². The molecule has 0 unspecified atom stereocenters. The summed E-state index contributed by atoms with van der Waals surface area (Å²) in [5.74, 6) is 0.372. The van der Waals surface area contributed by atoms with Crippen LogP contribution < -0.4 is 5.32 Å². The van der Waals surface area contributed by atoms with Gasteiger partial charge in [0.2, 0.25) is 0 Å². The zero-order valence-corrected chi connectivity index (χ0v) is 11.4. The Kier molecular flexibility index (Phi) is 3.59. The Labute approximate surface area is 110 Å². The van der Waals surface area contributed by atoms with Crippen molar-refractivity contribution in [3.05, 3.63) is 28.1 Å². The van der Waals surface area contributed by atoms with Crippen LogP contribution in [0, 0.1) is 5.92 Å². The van der Waals surface area contributed by atoms with Crippen LogP contribution >= 0.6 is 23.6 Å². The summed E-state index contributed by atoms with van der Waals surface area (Å²) >= 11 is 6.76. The molecule has 1 aromatic rings. The zero-order valence-electron chi connectivity index (χ0n) is 9.77. The Balaban J connectivity index is 2.18. The molecule has 0 atom stereocenters. The minimum Gasteiger partial charge on any atom is -0.328 e. The summed E-state index contributed by atoms with van der Waals surface area (Å²) in [5, 5.41) is 5.46. The number of nitrogens with one attached hydrogen (secondary N) is 1. The van der Waals surface area contributed by atoms with Crippen molar-refractivity contribution in [3.63, 3.8) is 0 Å². The van der Waals surface area contributed by atoms with Crippen molar-refractivity contribution >= 4 is 40.7 Å². The minimum atomic E-state index is -0.0305. The van der Waals surface area contributed by atoms with Gasteiger partial charge in [0.15, 0.2) is 5.11 Å². The van der Waals surface area contributed by atoms with Gasteiger partial charge in [-0.05, 0) is 35.7 Å². The third kappa shape index (κ3) is 2.73. The van der Waals surface area contributed by atoms with E-state index in [2.05, 4.69) is 19.2 Å². The number of thiocarbonyl (C=S) groups is 1. The van der Waals surface area contributed by atoms with Gasteiger partial charge in [-0.2, -0.15) is 0 Å². The number of nitrogens with zero attached hydrogens (tertiary/aromatic N) is 1. The molecule has 17 heavy (non-hydrogen) atoms. The van der Waals surface area contributed by atoms with E-state index in [9.17, 15) is 4.79 Å². The van der Waals surface area contributed by atoms with Crippen molar-refractivity contribution in [2.24, 2.45) is 5.92 Å². The normalized spacial score (nSPS) is 18.3. The molecule has 1 fully saturated rings. The molecule has 90 valence electrons. The van der Waals surface area contributed by atoms with E-state index < -0.39 is 0 Å². The van der Waals surface area contributed by atoms with Crippen LogP contribution in [-0.4, -0.2) is 22.5 Å². The van der Waals surface area contributed by atoms with Crippen molar-refractivity contribution in [1.29, 1.82) is 0 Å². The predicted octanol–water partition coefficient (Wildman–Crippen LogP) is 2.46. The van der Waals surface area contributed by atoms with Gasteiger partial charge in [-0.25, -0.2) is 0 Å². The van der Waals surface area contributed by atoms with Gasteiger partial charge < -0.3 is 5.32 Å². The maximum Gasteiger partial charge on any atom is 0.276 e. The first kappa shape index (κ1) is 12.3. The van der Waals surface area contributed by atoms with Crippen LogP contribution in [0.2, 0.25) is 0 Å². The number of carbonyl (C=O) groups is 1. The highest BCUT2D eigenvalue weighted by atomic mass is 32.1.